The van der Waals surface area contributed by atoms with Gasteiger partial charge in [0.25, 0.3) is 0 Å². The normalized spacial score (nSPS) is 11.9. The minimum absolute atomic E-state index is 0.355. The van der Waals surface area contributed by atoms with Gasteiger partial charge >= 0.3 is 11.8 Å². The zero-order valence-electron chi connectivity index (χ0n) is 9.84. The first kappa shape index (κ1) is 13.7. The summed E-state index contributed by atoms with van der Waals surface area (Å²) in [7, 11) is 1.54. The van der Waals surface area contributed by atoms with Gasteiger partial charge in [0.05, 0.1) is 11.8 Å². The van der Waals surface area contributed by atoms with Gasteiger partial charge in [0.1, 0.15) is 0 Å². The van der Waals surface area contributed by atoms with E-state index in [-0.39, 0.29) is 0 Å². The molecule has 1 aromatic rings. The van der Waals surface area contributed by atoms with Crippen LogP contribution in [0.3, 0.4) is 0 Å². The van der Waals surface area contributed by atoms with E-state index >= 15 is 0 Å². The first-order valence-electron chi connectivity index (χ1n) is 5.27. The second-order valence-electron chi connectivity index (χ2n) is 3.83. The van der Waals surface area contributed by atoms with Crippen LogP contribution in [-0.4, -0.2) is 41.5 Å². The van der Waals surface area contributed by atoms with Crippen molar-refractivity contribution in [2.75, 3.05) is 18.9 Å². The third-order valence-corrected chi connectivity index (χ3v) is 2.89. The number of hydrogen-bond donors (Lipinski definition) is 2. The molecule has 1 heterocycles. The highest BCUT2D eigenvalue weighted by molar-refractivity contribution is 7.08. The van der Waals surface area contributed by atoms with E-state index in [1.807, 2.05) is 5.38 Å². The van der Waals surface area contributed by atoms with Crippen molar-refractivity contribution >= 4 is 28.8 Å². The standard InChI is InChI=1S/C11H16N2O3S/c1-8(14)3-5-13(2)11(16)10(15)12-9-4-6-17-7-9/h4,6-8,14H,3,5H2,1-2H3,(H,12,15). The summed E-state index contributed by atoms with van der Waals surface area (Å²) in [6.07, 6.45) is -0.0290. The number of likely N-dealkylation sites (N-methyl/N-ethyl adjacent to an activating group) is 1. The van der Waals surface area contributed by atoms with E-state index in [1.165, 1.54) is 23.3 Å². The van der Waals surface area contributed by atoms with Gasteiger partial charge in [0.15, 0.2) is 0 Å². The van der Waals surface area contributed by atoms with Gasteiger partial charge < -0.3 is 15.3 Å². The Morgan fingerprint density at radius 1 is 1.59 bits per heavy atom. The maximum atomic E-state index is 11.6. The molecular weight excluding hydrogens is 240 g/mol. The van der Waals surface area contributed by atoms with Gasteiger partial charge in [-0.05, 0) is 24.8 Å². The fourth-order valence-corrected chi connectivity index (χ4v) is 1.76. The van der Waals surface area contributed by atoms with Crippen LogP contribution in [0.2, 0.25) is 0 Å². The summed E-state index contributed by atoms with van der Waals surface area (Å²) in [5.41, 5.74) is 0.622. The monoisotopic (exact) mass is 256 g/mol. The number of nitrogens with one attached hydrogen (secondary N) is 1. The Labute approximate surface area is 104 Å². The Kier molecular flexibility index (Phi) is 5.11. The largest absolute Gasteiger partial charge is 0.393 e. The van der Waals surface area contributed by atoms with Crippen LogP contribution < -0.4 is 5.32 Å². The highest BCUT2D eigenvalue weighted by Gasteiger charge is 2.18. The molecule has 1 aromatic heterocycles. The Morgan fingerprint density at radius 3 is 2.82 bits per heavy atom. The van der Waals surface area contributed by atoms with Gasteiger partial charge in [0, 0.05) is 19.0 Å². The smallest absolute Gasteiger partial charge is 0.313 e. The molecule has 2 amide bonds. The predicted molar refractivity (Wildman–Crippen MR) is 66.9 cm³/mol. The van der Waals surface area contributed by atoms with Gasteiger partial charge in [-0.1, -0.05) is 0 Å². The van der Waals surface area contributed by atoms with Gasteiger partial charge in [-0.15, -0.1) is 0 Å². The molecule has 1 rings (SSSR count). The van der Waals surface area contributed by atoms with Crippen LogP contribution >= 0.6 is 11.3 Å². The number of aliphatic hydroxyl groups excluding tert-OH is 1. The zero-order chi connectivity index (χ0) is 12.8. The molecule has 6 heteroatoms. The fourth-order valence-electron chi connectivity index (χ4n) is 1.18. The van der Waals surface area contributed by atoms with E-state index in [9.17, 15) is 9.59 Å². The van der Waals surface area contributed by atoms with Crippen molar-refractivity contribution in [2.45, 2.75) is 19.4 Å². The first-order chi connectivity index (χ1) is 8.00. The summed E-state index contributed by atoms with van der Waals surface area (Å²) >= 11 is 1.44. The molecule has 1 unspecified atom stereocenters. The highest BCUT2D eigenvalue weighted by atomic mass is 32.1. The number of thiophene rings is 1. The van der Waals surface area contributed by atoms with Crippen LogP contribution in [0.4, 0.5) is 5.69 Å². The number of anilines is 1. The summed E-state index contributed by atoms with van der Waals surface area (Å²) in [6.45, 7) is 2.00. The van der Waals surface area contributed by atoms with E-state index in [4.69, 9.17) is 5.11 Å². The molecule has 2 N–H and O–H groups in total. The van der Waals surface area contributed by atoms with Crippen molar-refractivity contribution in [3.63, 3.8) is 0 Å². The average Bonchev–Trinajstić information content (AvgIpc) is 2.77. The lowest BCUT2D eigenvalue weighted by Crippen LogP contribution is -2.38. The van der Waals surface area contributed by atoms with Crippen LogP contribution in [-0.2, 0) is 9.59 Å². The molecule has 94 valence electrons. The fraction of sp³-hybridized carbons (Fsp3) is 0.455. The third-order valence-electron chi connectivity index (χ3n) is 2.20. The predicted octanol–water partition coefficient (Wildman–Crippen LogP) is 0.916. The molecule has 0 aliphatic carbocycles. The van der Waals surface area contributed by atoms with Crippen LogP contribution in [0.1, 0.15) is 13.3 Å². The summed E-state index contributed by atoms with van der Waals surface area (Å²) in [6, 6.07) is 1.73. The topological polar surface area (TPSA) is 69.6 Å². The molecule has 0 radical (unpaired) electrons. The molecule has 0 aliphatic rings. The molecule has 1 atom stereocenters. The number of hydrogen-bond acceptors (Lipinski definition) is 4. The lowest BCUT2D eigenvalue weighted by molar-refractivity contribution is -0.142. The van der Waals surface area contributed by atoms with Crippen LogP contribution in [0.25, 0.3) is 0 Å². The lowest BCUT2D eigenvalue weighted by Gasteiger charge is -2.17. The number of carbonyl (C=O) groups is 2. The van der Waals surface area contributed by atoms with Gasteiger partial charge in [-0.2, -0.15) is 11.3 Å². The summed E-state index contributed by atoms with van der Waals surface area (Å²) in [4.78, 5) is 24.5. The molecular formula is C11H16N2O3S. The Morgan fingerprint density at radius 2 is 2.29 bits per heavy atom. The number of aliphatic hydroxyl groups is 1. The van der Waals surface area contributed by atoms with Crippen LogP contribution in [0.15, 0.2) is 16.8 Å². The van der Waals surface area contributed by atoms with Crippen molar-refractivity contribution < 1.29 is 14.7 Å². The van der Waals surface area contributed by atoms with Gasteiger partial charge in [-0.3, -0.25) is 9.59 Å². The second-order valence-corrected chi connectivity index (χ2v) is 4.61. The molecule has 5 nitrogen and oxygen atoms in total. The molecule has 0 aliphatic heterocycles. The van der Waals surface area contributed by atoms with E-state index in [2.05, 4.69) is 5.32 Å². The van der Waals surface area contributed by atoms with Crippen molar-refractivity contribution in [3.05, 3.63) is 16.8 Å². The Balaban J connectivity index is 2.43. The molecule has 0 saturated heterocycles. The van der Waals surface area contributed by atoms with Crippen molar-refractivity contribution in [1.82, 2.24) is 4.90 Å². The molecule has 0 aromatic carbocycles. The number of nitrogens with zero attached hydrogens (tertiary/aromatic N) is 1. The van der Waals surface area contributed by atoms with Crippen molar-refractivity contribution in [2.24, 2.45) is 0 Å². The summed E-state index contributed by atoms with van der Waals surface area (Å²) in [5.74, 6) is -1.26. The quantitative estimate of drug-likeness (QED) is 0.787. The summed E-state index contributed by atoms with van der Waals surface area (Å²) < 4.78 is 0. The highest BCUT2D eigenvalue weighted by Crippen LogP contribution is 2.11. The van der Waals surface area contributed by atoms with E-state index in [0.717, 1.165) is 0 Å². The Hall–Kier alpha value is -1.40. The van der Waals surface area contributed by atoms with Gasteiger partial charge in [0.2, 0.25) is 0 Å². The van der Waals surface area contributed by atoms with Crippen LogP contribution in [0, 0.1) is 0 Å². The van der Waals surface area contributed by atoms with E-state index in [0.29, 0.717) is 18.7 Å². The molecule has 17 heavy (non-hydrogen) atoms. The van der Waals surface area contributed by atoms with Crippen molar-refractivity contribution in [1.29, 1.82) is 0 Å². The van der Waals surface area contributed by atoms with Crippen LogP contribution in [0.5, 0.6) is 0 Å². The maximum Gasteiger partial charge on any atom is 0.313 e. The zero-order valence-corrected chi connectivity index (χ0v) is 10.7. The Bertz CT molecular complexity index is 376. The number of carbonyl (C=O) groups excluding carboxylic acids is 2. The summed E-state index contributed by atoms with van der Waals surface area (Å²) in [5, 5.41) is 15.2. The molecule has 0 spiro atoms. The SMILES string of the molecule is CC(O)CCN(C)C(=O)C(=O)Nc1ccsc1. The number of rotatable bonds is 4. The van der Waals surface area contributed by atoms with E-state index < -0.39 is 17.9 Å². The minimum atomic E-state index is -0.656. The van der Waals surface area contributed by atoms with E-state index in [1.54, 1.807) is 18.4 Å². The molecule has 0 bridgehead atoms. The maximum absolute atomic E-state index is 11.6. The lowest BCUT2D eigenvalue weighted by atomic mass is 10.3. The number of amides is 2. The van der Waals surface area contributed by atoms with Gasteiger partial charge in [-0.25, -0.2) is 0 Å². The molecule has 0 fully saturated rings. The minimum Gasteiger partial charge on any atom is -0.393 e. The third kappa shape index (κ3) is 4.54. The first-order valence-corrected chi connectivity index (χ1v) is 6.21. The second kappa shape index (κ2) is 6.36. The van der Waals surface area contributed by atoms with Crippen molar-refractivity contribution in [3.8, 4) is 0 Å². The average molecular weight is 256 g/mol. The molecule has 0 saturated carbocycles.